The van der Waals surface area contributed by atoms with E-state index in [0.29, 0.717) is 23.4 Å². The summed E-state index contributed by atoms with van der Waals surface area (Å²) in [6.07, 6.45) is 1.81. The first-order valence-corrected chi connectivity index (χ1v) is 11.9. The maximum atomic E-state index is 13.3. The number of pyridine rings is 1. The fourth-order valence-corrected chi connectivity index (χ4v) is 4.73. The van der Waals surface area contributed by atoms with Crippen LogP contribution in [0.4, 0.5) is 5.69 Å². The third-order valence-electron chi connectivity index (χ3n) is 6.80. The number of benzene rings is 1. The van der Waals surface area contributed by atoms with Crippen LogP contribution >= 0.6 is 0 Å². The molecule has 36 heavy (non-hydrogen) atoms. The van der Waals surface area contributed by atoms with Crippen LogP contribution in [-0.2, 0) is 9.59 Å². The van der Waals surface area contributed by atoms with E-state index < -0.39 is 28.4 Å². The summed E-state index contributed by atoms with van der Waals surface area (Å²) in [5.74, 6) is -1.98. The first-order valence-electron chi connectivity index (χ1n) is 11.9. The van der Waals surface area contributed by atoms with Gasteiger partial charge >= 0.3 is 0 Å². The number of likely N-dealkylation sites (N-methyl/N-ethyl adjacent to an activating group) is 1. The Hall–Kier alpha value is -4.05. The summed E-state index contributed by atoms with van der Waals surface area (Å²) in [7, 11) is 0. The van der Waals surface area contributed by atoms with Crippen molar-refractivity contribution in [1.82, 2.24) is 19.2 Å². The Morgan fingerprint density at radius 3 is 2.53 bits per heavy atom. The molecule has 1 N–H and O–H groups in total. The highest BCUT2D eigenvalue weighted by atomic mass is 16.6. The maximum Gasteiger partial charge on any atom is 0.295 e. The van der Waals surface area contributed by atoms with Gasteiger partial charge in [0.25, 0.3) is 17.4 Å². The molecule has 0 radical (unpaired) electrons. The molecule has 188 valence electrons. The molecule has 1 amide bonds. The van der Waals surface area contributed by atoms with Gasteiger partial charge in [-0.15, -0.1) is 0 Å². The molecule has 1 aromatic carbocycles. The molecule has 1 aliphatic heterocycles. The lowest BCUT2D eigenvalue weighted by atomic mass is 9.96. The molecule has 0 aliphatic carbocycles. The topological polar surface area (TPSA) is 121 Å². The number of non-ortho nitro benzene ring substituents is 1. The first kappa shape index (κ1) is 25.1. The number of aromatic nitrogens is 2. The van der Waals surface area contributed by atoms with Crippen LogP contribution in [-0.4, -0.2) is 67.1 Å². The van der Waals surface area contributed by atoms with Crippen LogP contribution in [0.3, 0.4) is 0 Å². The highest BCUT2D eigenvalue weighted by Gasteiger charge is 2.46. The number of fused-ring (bicyclic) bond motifs is 1. The van der Waals surface area contributed by atoms with E-state index in [-0.39, 0.29) is 23.5 Å². The predicted octanol–water partition coefficient (Wildman–Crippen LogP) is 3.62. The molecule has 1 atom stereocenters. The first-order chi connectivity index (χ1) is 17.2. The molecule has 3 aromatic rings. The molecular weight excluding hydrogens is 462 g/mol. The lowest BCUT2D eigenvalue weighted by Crippen LogP contribution is -2.38. The van der Waals surface area contributed by atoms with Crippen molar-refractivity contribution in [3.8, 4) is 0 Å². The summed E-state index contributed by atoms with van der Waals surface area (Å²) in [5.41, 5.74) is 2.40. The average molecular weight is 492 g/mol. The number of amides is 1. The highest BCUT2D eigenvalue weighted by molar-refractivity contribution is 6.46. The Balaban J connectivity index is 1.90. The minimum atomic E-state index is -0.981. The molecule has 1 saturated heterocycles. The van der Waals surface area contributed by atoms with Gasteiger partial charge in [-0.2, -0.15) is 0 Å². The van der Waals surface area contributed by atoms with Crippen molar-refractivity contribution in [3.63, 3.8) is 0 Å². The van der Waals surface area contributed by atoms with E-state index in [2.05, 4.69) is 9.88 Å². The molecule has 1 unspecified atom stereocenters. The number of nitrogens with zero attached hydrogens (tertiary/aromatic N) is 5. The zero-order chi connectivity index (χ0) is 26.1. The number of nitro groups is 1. The van der Waals surface area contributed by atoms with Crippen molar-refractivity contribution in [2.45, 2.75) is 33.7 Å². The van der Waals surface area contributed by atoms with Crippen molar-refractivity contribution in [2.75, 3.05) is 26.2 Å². The van der Waals surface area contributed by atoms with Crippen LogP contribution in [0.25, 0.3) is 11.4 Å². The fraction of sp³-hybridized carbons (Fsp3) is 0.346. The van der Waals surface area contributed by atoms with Gasteiger partial charge < -0.3 is 19.3 Å². The molecule has 0 bridgehead atoms. The molecule has 10 nitrogen and oxygen atoms in total. The van der Waals surface area contributed by atoms with E-state index in [0.717, 1.165) is 18.7 Å². The van der Waals surface area contributed by atoms with Crippen molar-refractivity contribution >= 4 is 28.8 Å². The van der Waals surface area contributed by atoms with Gasteiger partial charge in [0.05, 0.1) is 22.2 Å². The number of Topliss-reactive ketones (excluding diaryl/α,β-unsaturated/α-hetero) is 1. The maximum absolute atomic E-state index is 13.3. The Bertz CT molecular complexity index is 1390. The summed E-state index contributed by atoms with van der Waals surface area (Å²) in [5, 5.41) is 22.9. The van der Waals surface area contributed by atoms with Crippen molar-refractivity contribution in [1.29, 1.82) is 0 Å². The third kappa shape index (κ3) is 4.24. The van der Waals surface area contributed by atoms with Crippen LogP contribution in [0.15, 0.2) is 48.2 Å². The number of carbonyl (C=O) groups is 2. The second-order valence-electron chi connectivity index (χ2n) is 8.80. The number of carbonyl (C=O) groups excluding carboxylic acids is 2. The van der Waals surface area contributed by atoms with Gasteiger partial charge in [0.15, 0.2) is 5.76 Å². The Kier molecular flexibility index (Phi) is 6.89. The lowest BCUT2D eigenvalue weighted by molar-refractivity contribution is -0.384. The predicted molar refractivity (Wildman–Crippen MR) is 135 cm³/mol. The summed E-state index contributed by atoms with van der Waals surface area (Å²) in [6.45, 7) is 9.93. The van der Waals surface area contributed by atoms with E-state index in [1.807, 2.05) is 43.5 Å². The number of rotatable bonds is 8. The van der Waals surface area contributed by atoms with E-state index in [4.69, 9.17) is 0 Å². The minimum absolute atomic E-state index is 0.121. The smallest absolute Gasteiger partial charge is 0.295 e. The summed E-state index contributed by atoms with van der Waals surface area (Å²) in [4.78, 5) is 45.5. The average Bonchev–Trinajstić information content (AvgIpc) is 3.34. The van der Waals surface area contributed by atoms with Gasteiger partial charge in [-0.3, -0.25) is 19.7 Å². The van der Waals surface area contributed by atoms with Crippen molar-refractivity contribution in [3.05, 3.63) is 80.8 Å². The third-order valence-corrected chi connectivity index (χ3v) is 6.80. The quantitative estimate of drug-likeness (QED) is 0.168. The van der Waals surface area contributed by atoms with Gasteiger partial charge in [-0.05, 0) is 44.1 Å². The molecule has 0 saturated carbocycles. The highest BCUT2D eigenvalue weighted by Crippen LogP contribution is 2.40. The van der Waals surface area contributed by atoms with Gasteiger partial charge in [0.1, 0.15) is 11.3 Å². The van der Waals surface area contributed by atoms with Gasteiger partial charge in [0.2, 0.25) is 0 Å². The molecular formula is C26H29N5O5. The van der Waals surface area contributed by atoms with E-state index in [1.165, 1.54) is 23.1 Å². The SMILES string of the molecule is CCN(CC)CCN1C(=O)C(=O)C(=C(O)c2nc3c(C)cccn3c2C)C1c1cccc([N+](=O)[O-])c1. The van der Waals surface area contributed by atoms with Crippen LogP contribution in [0, 0.1) is 24.0 Å². The number of hydrogen-bond donors (Lipinski definition) is 1. The van der Waals surface area contributed by atoms with Crippen LogP contribution in [0.1, 0.15) is 42.4 Å². The van der Waals surface area contributed by atoms with Crippen LogP contribution < -0.4 is 0 Å². The number of hydrogen-bond acceptors (Lipinski definition) is 7. The number of nitro benzene ring substituents is 1. The largest absolute Gasteiger partial charge is 0.505 e. The molecule has 10 heteroatoms. The molecule has 1 aliphatic rings. The number of likely N-dealkylation sites (tertiary alicyclic amines) is 1. The molecule has 0 spiro atoms. The Labute approximate surface area is 208 Å². The number of aryl methyl sites for hydroxylation is 2. The standard InChI is InChI=1S/C26H29N5O5/c1-5-28(6-2)13-14-30-22(18-10-7-11-19(15-18)31(35)36)20(24(33)26(30)34)23(32)21-17(4)29-12-8-9-16(3)25(29)27-21/h7-12,15,22,32H,5-6,13-14H2,1-4H3. The Morgan fingerprint density at radius 1 is 1.17 bits per heavy atom. The normalized spacial score (nSPS) is 17.5. The summed E-state index contributed by atoms with van der Waals surface area (Å²) < 4.78 is 1.81. The number of aliphatic hydroxyl groups excluding tert-OH is 1. The van der Waals surface area contributed by atoms with Crippen LogP contribution in [0.5, 0.6) is 0 Å². The number of imidazole rings is 1. The minimum Gasteiger partial charge on any atom is -0.505 e. The monoisotopic (exact) mass is 491 g/mol. The van der Waals surface area contributed by atoms with Crippen LogP contribution in [0.2, 0.25) is 0 Å². The second kappa shape index (κ2) is 9.90. The Morgan fingerprint density at radius 2 is 1.89 bits per heavy atom. The van der Waals surface area contributed by atoms with Crippen molar-refractivity contribution < 1.29 is 19.6 Å². The zero-order valence-electron chi connectivity index (χ0n) is 20.8. The number of ketones is 1. The molecule has 4 rings (SSSR count). The van der Waals surface area contributed by atoms with E-state index in [1.54, 1.807) is 13.0 Å². The lowest BCUT2D eigenvalue weighted by Gasteiger charge is -2.28. The summed E-state index contributed by atoms with van der Waals surface area (Å²) in [6, 6.07) is 8.59. The van der Waals surface area contributed by atoms with Gasteiger partial charge in [0, 0.05) is 31.4 Å². The van der Waals surface area contributed by atoms with Crippen molar-refractivity contribution in [2.24, 2.45) is 0 Å². The van der Waals surface area contributed by atoms with Gasteiger partial charge in [-0.1, -0.05) is 32.0 Å². The summed E-state index contributed by atoms with van der Waals surface area (Å²) >= 11 is 0. The molecule has 1 fully saturated rings. The molecule has 3 heterocycles. The van der Waals surface area contributed by atoms with E-state index in [9.17, 15) is 24.8 Å². The number of aliphatic hydroxyl groups is 1. The molecule has 2 aromatic heterocycles. The second-order valence-corrected chi connectivity index (χ2v) is 8.80. The fourth-order valence-electron chi connectivity index (χ4n) is 4.73. The van der Waals surface area contributed by atoms with Gasteiger partial charge in [-0.25, -0.2) is 4.98 Å². The zero-order valence-corrected chi connectivity index (χ0v) is 20.8. The van der Waals surface area contributed by atoms with E-state index >= 15 is 0 Å².